The van der Waals surface area contributed by atoms with E-state index in [4.69, 9.17) is 4.74 Å². The molecular formula is C21H18F2N2O3S. The number of methoxy groups -OCH3 is 1. The third-order valence-electron chi connectivity index (χ3n) is 3.88. The van der Waals surface area contributed by atoms with Crippen molar-refractivity contribution in [3.63, 3.8) is 0 Å². The van der Waals surface area contributed by atoms with E-state index in [0.717, 1.165) is 16.2 Å². The van der Waals surface area contributed by atoms with Gasteiger partial charge in [0.25, 0.3) is 5.91 Å². The Morgan fingerprint density at radius 1 is 1.14 bits per heavy atom. The molecule has 0 unspecified atom stereocenters. The first-order chi connectivity index (χ1) is 14.0. The third-order valence-corrected chi connectivity index (χ3v) is 4.97. The maximum atomic E-state index is 12.4. The van der Waals surface area contributed by atoms with Crippen molar-refractivity contribution in [1.82, 2.24) is 4.98 Å². The van der Waals surface area contributed by atoms with Crippen molar-refractivity contribution in [3.05, 3.63) is 78.1 Å². The molecule has 29 heavy (non-hydrogen) atoms. The molecule has 8 heteroatoms. The largest absolute Gasteiger partial charge is 0.493 e. The number of carbonyl (C=O) groups is 1. The number of hydrogen-bond donors (Lipinski definition) is 1. The molecule has 0 spiro atoms. The van der Waals surface area contributed by atoms with E-state index in [1.165, 1.54) is 25.3 Å². The Balaban J connectivity index is 1.61. The van der Waals surface area contributed by atoms with Crippen LogP contribution in [0.15, 0.2) is 71.9 Å². The number of aromatic nitrogens is 1. The quantitative estimate of drug-likeness (QED) is 0.509. The average molecular weight is 416 g/mol. The van der Waals surface area contributed by atoms with Gasteiger partial charge in [-0.1, -0.05) is 6.07 Å². The van der Waals surface area contributed by atoms with Crippen LogP contribution >= 0.6 is 11.8 Å². The van der Waals surface area contributed by atoms with Crippen LogP contribution in [0.5, 0.6) is 11.5 Å². The first kappa shape index (κ1) is 20.6. The molecule has 0 atom stereocenters. The highest BCUT2D eigenvalue weighted by molar-refractivity contribution is 7.98. The first-order valence-electron chi connectivity index (χ1n) is 8.61. The Kier molecular flexibility index (Phi) is 7.02. The van der Waals surface area contributed by atoms with E-state index in [1.807, 2.05) is 30.5 Å². The van der Waals surface area contributed by atoms with Crippen molar-refractivity contribution < 1.29 is 23.0 Å². The van der Waals surface area contributed by atoms with Gasteiger partial charge in [0.15, 0.2) is 11.5 Å². The smallest absolute Gasteiger partial charge is 0.387 e. The number of hydrogen-bond acceptors (Lipinski definition) is 5. The Labute approximate surface area is 171 Å². The molecule has 0 saturated carbocycles. The Morgan fingerprint density at radius 2 is 1.93 bits per heavy atom. The summed E-state index contributed by atoms with van der Waals surface area (Å²) in [5, 5.41) is 2.77. The molecule has 0 radical (unpaired) electrons. The van der Waals surface area contributed by atoms with Gasteiger partial charge in [-0.2, -0.15) is 8.78 Å². The van der Waals surface area contributed by atoms with Crippen LogP contribution in [0.25, 0.3) is 0 Å². The number of benzene rings is 2. The molecule has 0 fully saturated rings. The first-order valence-corrected chi connectivity index (χ1v) is 9.59. The fourth-order valence-electron chi connectivity index (χ4n) is 2.49. The zero-order valence-corrected chi connectivity index (χ0v) is 16.3. The second-order valence-electron chi connectivity index (χ2n) is 5.87. The van der Waals surface area contributed by atoms with E-state index in [-0.39, 0.29) is 23.0 Å². The van der Waals surface area contributed by atoms with Crippen molar-refractivity contribution in [2.75, 3.05) is 12.4 Å². The van der Waals surface area contributed by atoms with Crippen LogP contribution in [0.2, 0.25) is 0 Å². The Bertz CT molecular complexity index is 954. The lowest BCUT2D eigenvalue weighted by Gasteiger charge is -2.12. The van der Waals surface area contributed by atoms with Crippen molar-refractivity contribution >= 4 is 23.4 Å². The molecular weight excluding hydrogens is 398 g/mol. The lowest BCUT2D eigenvalue weighted by atomic mass is 10.2. The second kappa shape index (κ2) is 9.88. The summed E-state index contributed by atoms with van der Waals surface area (Å²) in [4.78, 5) is 17.6. The molecule has 1 heterocycles. The van der Waals surface area contributed by atoms with Crippen molar-refractivity contribution in [1.29, 1.82) is 0 Å². The van der Waals surface area contributed by atoms with Crippen LogP contribution in [0.4, 0.5) is 14.5 Å². The van der Waals surface area contributed by atoms with E-state index < -0.39 is 6.61 Å². The highest BCUT2D eigenvalue weighted by Crippen LogP contribution is 2.30. The molecule has 0 aliphatic rings. The minimum absolute atomic E-state index is 0.0556. The third kappa shape index (κ3) is 5.92. The number of nitrogens with one attached hydrogen (secondary N) is 1. The zero-order chi connectivity index (χ0) is 20.6. The van der Waals surface area contributed by atoms with E-state index in [0.29, 0.717) is 5.69 Å². The fraction of sp³-hybridized carbons (Fsp3) is 0.143. The normalized spacial score (nSPS) is 10.6. The molecule has 5 nitrogen and oxygen atoms in total. The van der Waals surface area contributed by atoms with Crippen molar-refractivity contribution in [2.24, 2.45) is 0 Å². The van der Waals surface area contributed by atoms with Gasteiger partial charge in [-0.15, -0.1) is 11.8 Å². The topological polar surface area (TPSA) is 60.5 Å². The summed E-state index contributed by atoms with van der Waals surface area (Å²) in [5.41, 5.74) is 2.01. The molecule has 0 saturated heterocycles. The standard InChI is InChI=1S/C21H18F2N2O3S/c1-27-19-11-15(4-9-18(19)28-21(22)23)20(26)25-16-5-7-17(8-6-16)29-13-14-3-2-10-24-12-14/h2-12,21H,13H2,1H3,(H,25,26). The van der Waals surface area contributed by atoms with Crippen LogP contribution in [-0.2, 0) is 5.75 Å². The number of thioether (sulfide) groups is 1. The minimum Gasteiger partial charge on any atom is -0.493 e. The summed E-state index contributed by atoms with van der Waals surface area (Å²) >= 11 is 1.66. The highest BCUT2D eigenvalue weighted by atomic mass is 32.2. The average Bonchev–Trinajstić information content (AvgIpc) is 2.74. The number of amides is 1. The van der Waals surface area contributed by atoms with Crippen LogP contribution in [0, 0.1) is 0 Å². The predicted octanol–water partition coefficient (Wildman–Crippen LogP) is 5.24. The highest BCUT2D eigenvalue weighted by Gasteiger charge is 2.14. The summed E-state index contributed by atoms with van der Waals surface area (Å²) in [6.45, 7) is -2.97. The molecule has 1 aromatic heterocycles. The summed E-state index contributed by atoms with van der Waals surface area (Å²) in [5.74, 6) is 0.337. The van der Waals surface area contributed by atoms with E-state index >= 15 is 0 Å². The van der Waals surface area contributed by atoms with Crippen LogP contribution in [0.3, 0.4) is 0 Å². The molecule has 150 valence electrons. The monoisotopic (exact) mass is 416 g/mol. The maximum Gasteiger partial charge on any atom is 0.387 e. The van der Waals surface area contributed by atoms with Gasteiger partial charge in [0.1, 0.15) is 0 Å². The second-order valence-corrected chi connectivity index (χ2v) is 6.92. The SMILES string of the molecule is COc1cc(C(=O)Nc2ccc(SCc3cccnc3)cc2)ccc1OC(F)F. The van der Waals surface area contributed by atoms with Gasteiger partial charge >= 0.3 is 6.61 Å². The molecule has 3 aromatic rings. The lowest BCUT2D eigenvalue weighted by molar-refractivity contribution is -0.0512. The molecule has 2 aromatic carbocycles. The molecule has 1 N–H and O–H groups in total. The van der Waals surface area contributed by atoms with Gasteiger partial charge in [0.05, 0.1) is 7.11 Å². The van der Waals surface area contributed by atoms with Gasteiger partial charge in [0.2, 0.25) is 0 Å². The number of halogens is 2. The number of anilines is 1. The summed E-state index contributed by atoms with van der Waals surface area (Å²) in [7, 11) is 1.32. The number of ether oxygens (including phenoxy) is 2. The number of alkyl halides is 2. The van der Waals surface area contributed by atoms with Crippen LogP contribution < -0.4 is 14.8 Å². The van der Waals surface area contributed by atoms with Gasteiger partial charge in [-0.25, -0.2) is 0 Å². The summed E-state index contributed by atoms with van der Waals surface area (Å²) in [6, 6.07) is 15.4. The van der Waals surface area contributed by atoms with Gasteiger partial charge in [0, 0.05) is 34.3 Å². The zero-order valence-electron chi connectivity index (χ0n) is 15.5. The van der Waals surface area contributed by atoms with Gasteiger partial charge in [-0.3, -0.25) is 9.78 Å². The summed E-state index contributed by atoms with van der Waals surface area (Å²) < 4.78 is 34.2. The van der Waals surface area contributed by atoms with Crippen LogP contribution in [0.1, 0.15) is 15.9 Å². The number of carbonyl (C=O) groups excluding carboxylic acids is 1. The predicted molar refractivity (Wildman–Crippen MR) is 108 cm³/mol. The van der Waals surface area contributed by atoms with E-state index in [1.54, 1.807) is 30.1 Å². The van der Waals surface area contributed by atoms with Crippen LogP contribution in [-0.4, -0.2) is 24.6 Å². The minimum atomic E-state index is -2.97. The van der Waals surface area contributed by atoms with Crippen molar-refractivity contribution in [2.45, 2.75) is 17.3 Å². The summed E-state index contributed by atoms with van der Waals surface area (Å²) in [6.07, 6.45) is 3.56. The maximum absolute atomic E-state index is 12.4. The van der Waals surface area contributed by atoms with E-state index in [2.05, 4.69) is 15.0 Å². The number of rotatable bonds is 8. The Morgan fingerprint density at radius 3 is 2.59 bits per heavy atom. The fourth-order valence-corrected chi connectivity index (χ4v) is 3.32. The molecule has 3 rings (SSSR count). The molecule has 0 bridgehead atoms. The van der Waals surface area contributed by atoms with Gasteiger partial charge < -0.3 is 14.8 Å². The van der Waals surface area contributed by atoms with E-state index in [9.17, 15) is 13.6 Å². The number of nitrogens with zero attached hydrogens (tertiary/aromatic N) is 1. The van der Waals surface area contributed by atoms with Gasteiger partial charge in [-0.05, 0) is 54.1 Å². The lowest BCUT2D eigenvalue weighted by Crippen LogP contribution is -2.12. The number of pyridine rings is 1. The van der Waals surface area contributed by atoms with Crippen molar-refractivity contribution in [3.8, 4) is 11.5 Å². The molecule has 0 aliphatic heterocycles. The molecule has 1 amide bonds. The molecule has 0 aliphatic carbocycles. The Hall–Kier alpha value is -3.13.